The van der Waals surface area contributed by atoms with Crippen LogP contribution in [-0.2, 0) is 11.0 Å². The molecule has 4 rings (SSSR count). The number of benzene rings is 1. The summed E-state index contributed by atoms with van der Waals surface area (Å²) in [7, 11) is 0. The number of hydrogen-bond acceptors (Lipinski definition) is 4. The number of piperidine rings is 1. The van der Waals surface area contributed by atoms with E-state index in [1.165, 1.54) is 6.07 Å². The van der Waals surface area contributed by atoms with Crippen molar-refractivity contribution >= 4 is 17.6 Å². The molecule has 3 aliphatic heterocycles. The minimum atomic E-state index is -4.61. The first-order valence-electron chi connectivity index (χ1n) is 11.9. The zero-order valence-electron chi connectivity index (χ0n) is 19.3. The summed E-state index contributed by atoms with van der Waals surface area (Å²) in [4.78, 5) is 31.5. The number of anilines is 1. The topological polar surface area (TPSA) is 79.7 Å². The number of nitrogens with zero attached hydrogens (tertiary/aromatic N) is 4. The molecule has 1 spiro atoms. The van der Waals surface area contributed by atoms with Gasteiger partial charge in [0.15, 0.2) is 0 Å². The molecular weight excluding hydrogens is 447 g/mol. The summed E-state index contributed by atoms with van der Waals surface area (Å²) in [5, 5.41) is 11.9. The Morgan fingerprint density at radius 3 is 2.41 bits per heavy atom. The first-order valence-corrected chi connectivity index (χ1v) is 11.9. The molecule has 3 aliphatic rings. The van der Waals surface area contributed by atoms with Gasteiger partial charge in [-0.05, 0) is 50.8 Å². The van der Waals surface area contributed by atoms with Crippen molar-refractivity contribution < 1.29 is 22.8 Å². The molecule has 0 saturated carbocycles. The van der Waals surface area contributed by atoms with E-state index in [9.17, 15) is 22.8 Å². The van der Waals surface area contributed by atoms with Crippen LogP contribution < -0.4 is 10.2 Å². The largest absolute Gasteiger partial charge is 0.417 e. The summed E-state index contributed by atoms with van der Waals surface area (Å²) in [5.41, 5.74) is -1.30. The number of carbonyl (C=O) groups is 2. The molecule has 10 heteroatoms. The molecule has 7 nitrogen and oxygen atoms in total. The van der Waals surface area contributed by atoms with E-state index in [1.54, 1.807) is 17.0 Å². The molecule has 1 aromatic carbocycles. The van der Waals surface area contributed by atoms with E-state index in [4.69, 9.17) is 5.26 Å². The third kappa shape index (κ3) is 4.52. The van der Waals surface area contributed by atoms with Crippen molar-refractivity contribution in [2.45, 2.75) is 38.8 Å². The molecule has 1 unspecified atom stereocenters. The molecule has 34 heavy (non-hydrogen) atoms. The number of halogens is 3. The van der Waals surface area contributed by atoms with Gasteiger partial charge in [0.2, 0.25) is 5.91 Å². The lowest BCUT2D eigenvalue weighted by Gasteiger charge is -2.43. The highest BCUT2D eigenvalue weighted by molar-refractivity contribution is 5.83. The summed E-state index contributed by atoms with van der Waals surface area (Å²) in [6.45, 7) is 5.64. The third-order valence-electron chi connectivity index (χ3n) is 7.53. The van der Waals surface area contributed by atoms with Crippen LogP contribution >= 0.6 is 0 Å². The quantitative estimate of drug-likeness (QED) is 0.723. The van der Waals surface area contributed by atoms with Gasteiger partial charge in [0.05, 0.1) is 23.1 Å². The van der Waals surface area contributed by atoms with E-state index in [-0.39, 0.29) is 23.3 Å². The van der Waals surface area contributed by atoms with E-state index in [0.717, 1.165) is 32.0 Å². The Bertz CT molecular complexity index is 976. The van der Waals surface area contributed by atoms with Crippen LogP contribution in [0.1, 0.15) is 43.7 Å². The Kier molecular flexibility index (Phi) is 6.65. The summed E-state index contributed by atoms with van der Waals surface area (Å²) in [6.07, 6.45) is -1.42. The first kappa shape index (κ1) is 24.2. The van der Waals surface area contributed by atoms with E-state index in [0.29, 0.717) is 51.3 Å². The van der Waals surface area contributed by atoms with Crippen molar-refractivity contribution in [3.8, 4) is 6.07 Å². The van der Waals surface area contributed by atoms with Crippen molar-refractivity contribution in [2.75, 3.05) is 50.7 Å². The highest BCUT2D eigenvalue weighted by Crippen LogP contribution is 2.47. The monoisotopic (exact) mass is 477 g/mol. The number of likely N-dealkylation sites (tertiary alicyclic amines) is 2. The SMILES string of the molecule is CCNC(=O)N1CC(C(=O)N2CCCC2)C2(CCN(c3ccc(C#N)c(C(F)(F)F)c3)CC2)C1. The van der Waals surface area contributed by atoms with Crippen LogP contribution in [0.3, 0.4) is 0 Å². The van der Waals surface area contributed by atoms with Gasteiger partial charge < -0.3 is 20.0 Å². The smallest absolute Gasteiger partial charge is 0.371 e. The normalized spacial score (nSPS) is 22.2. The summed E-state index contributed by atoms with van der Waals surface area (Å²) in [5.74, 6) is -0.211. The average Bonchev–Trinajstić information content (AvgIpc) is 3.47. The maximum Gasteiger partial charge on any atom is 0.417 e. The number of alkyl halides is 3. The van der Waals surface area contributed by atoms with Crippen LogP contribution in [0.15, 0.2) is 18.2 Å². The highest BCUT2D eigenvalue weighted by atomic mass is 19.4. The lowest BCUT2D eigenvalue weighted by atomic mass is 9.70. The van der Waals surface area contributed by atoms with Gasteiger partial charge in [-0.3, -0.25) is 4.79 Å². The van der Waals surface area contributed by atoms with Crippen LogP contribution in [-0.4, -0.2) is 67.6 Å². The lowest BCUT2D eigenvalue weighted by molar-refractivity contribution is -0.138. The number of nitriles is 1. The molecule has 1 atom stereocenters. The van der Waals surface area contributed by atoms with Crippen LogP contribution in [0.2, 0.25) is 0 Å². The van der Waals surface area contributed by atoms with Gasteiger partial charge in [0.25, 0.3) is 0 Å². The molecule has 184 valence electrons. The molecule has 1 N–H and O–H groups in total. The number of rotatable bonds is 3. The number of nitrogens with one attached hydrogen (secondary N) is 1. The standard InChI is InChI=1S/C24H30F3N5O2/c1-2-29-22(34)32-15-20(21(33)31-9-3-4-10-31)23(16-32)7-11-30(12-8-23)18-6-5-17(14-28)19(13-18)24(25,26)27/h5-6,13,20H,2-4,7-12,15-16H2,1H3,(H,29,34). The summed E-state index contributed by atoms with van der Waals surface area (Å²) < 4.78 is 40.3. The number of urea groups is 1. The van der Waals surface area contributed by atoms with Crippen LogP contribution in [0.4, 0.5) is 23.7 Å². The Balaban J connectivity index is 1.55. The van der Waals surface area contributed by atoms with Crippen molar-refractivity contribution in [1.82, 2.24) is 15.1 Å². The van der Waals surface area contributed by atoms with Gasteiger partial charge in [-0.25, -0.2) is 4.79 Å². The van der Waals surface area contributed by atoms with Crippen LogP contribution in [0.25, 0.3) is 0 Å². The molecule has 0 aliphatic carbocycles. The summed E-state index contributed by atoms with van der Waals surface area (Å²) >= 11 is 0. The first-order chi connectivity index (χ1) is 16.2. The van der Waals surface area contributed by atoms with Crippen molar-refractivity contribution in [3.05, 3.63) is 29.3 Å². The van der Waals surface area contributed by atoms with E-state index < -0.39 is 17.3 Å². The van der Waals surface area contributed by atoms with Gasteiger partial charge in [0.1, 0.15) is 0 Å². The predicted octanol–water partition coefficient (Wildman–Crippen LogP) is 3.45. The minimum Gasteiger partial charge on any atom is -0.371 e. The van der Waals surface area contributed by atoms with Gasteiger partial charge in [-0.2, -0.15) is 18.4 Å². The van der Waals surface area contributed by atoms with Crippen molar-refractivity contribution in [1.29, 1.82) is 5.26 Å². The van der Waals surface area contributed by atoms with Gasteiger partial charge in [-0.1, -0.05) is 0 Å². The van der Waals surface area contributed by atoms with Crippen LogP contribution in [0.5, 0.6) is 0 Å². The molecule has 3 fully saturated rings. The molecule has 0 bridgehead atoms. The fourth-order valence-electron chi connectivity index (χ4n) is 5.66. The lowest BCUT2D eigenvalue weighted by Crippen LogP contribution is -2.49. The fourth-order valence-corrected chi connectivity index (χ4v) is 5.66. The molecule has 3 heterocycles. The Morgan fingerprint density at radius 1 is 1.15 bits per heavy atom. The molecule has 0 radical (unpaired) electrons. The molecule has 3 amide bonds. The molecule has 3 saturated heterocycles. The molecule has 0 aromatic heterocycles. The van der Waals surface area contributed by atoms with Crippen molar-refractivity contribution in [2.24, 2.45) is 11.3 Å². The Labute approximate surface area is 197 Å². The maximum atomic E-state index is 13.4. The predicted molar refractivity (Wildman–Crippen MR) is 120 cm³/mol. The fraction of sp³-hybridized carbons (Fsp3) is 0.625. The Hall–Kier alpha value is -2.96. The van der Waals surface area contributed by atoms with E-state index >= 15 is 0 Å². The maximum absolute atomic E-state index is 13.4. The van der Waals surface area contributed by atoms with Crippen molar-refractivity contribution in [3.63, 3.8) is 0 Å². The average molecular weight is 478 g/mol. The summed E-state index contributed by atoms with van der Waals surface area (Å²) in [6, 6.07) is 5.25. The zero-order chi connectivity index (χ0) is 24.5. The number of carbonyl (C=O) groups excluding carboxylic acids is 2. The van der Waals surface area contributed by atoms with Gasteiger partial charge >= 0.3 is 12.2 Å². The second-order valence-electron chi connectivity index (χ2n) is 9.49. The second kappa shape index (κ2) is 9.35. The van der Waals surface area contributed by atoms with Gasteiger partial charge in [0, 0.05) is 56.9 Å². The Morgan fingerprint density at radius 2 is 1.82 bits per heavy atom. The second-order valence-corrected chi connectivity index (χ2v) is 9.49. The van der Waals surface area contributed by atoms with Gasteiger partial charge in [-0.15, -0.1) is 0 Å². The van der Waals surface area contributed by atoms with Crippen LogP contribution in [0, 0.1) is 22.7 Å². The zero-order valence-corrected chi connectivity index (χ0v) is 19.3. The minimum absolute atomic E-state index is 0.0930. The number of amides is 3. The number of hydrogen-bond donors (Lipinski definition) is 1. The molecular formula is C24H30F3N5O2. The van der Waals surface area contributed by atoms with E-state index in [1.807, 2.05) is 16.7 Å². The van der Waals surface area contributed by atoms with E-state index in [2.05, 4.69) is 5.32 Å². The highest BCUT2D eigenvalue weighted by Gasteiger charge is 2.53. The molecule has 1 aromatic rings. The third-order valence-corrected chi connectivity index (χ3v) is 7.53.